The lowest BCUT2D eigenvalue weighted by Crippen LogP contribution is -2.44. The number of fused-ring (bicyclic) bond motifs is 1. The highest BCUT2D eigenvalue weighted by Crippen LogP contribution is 2.28. The van der Waals surface area contributed by atoms with Crippen molar-refractivity contribution < 1.29 is 19.1 Å². The maximum Gasteiger partial charge on any atom is 0.343 e. The zero-order chi connectivity index (χ0) is 20.1. The highest BCUT2D eigenvalue weighted by atomic mass is 16.7. The fourth-order valence-electron chi connectivity index (χ4n) is 3.25. The smallest absolute Gasteiger partial charge is 0.343 e. The highest BCUT2D eigenvalue weighted by Gasteiger charge is 2.25. The molecule has 1 fully saturated rings. The maximum absolute atomic E-state index is 12.6. The van der Waals surface area contributed by atoms with Gasteiger partial charge in [0.15, 0.2) is 6.79 Å². The Bertz CT molecular complexity index is 861. The van der Waals surface area contributed by atoms with Crippen LogP contribution in [0.4, 0.5) is 5.69 Å². The largest absolute Gasteiger partial charge is 0.435 e. The second kappa shape index (κ2) is 8.88. The van der Waals surface area contributed by atoms with E-state index in [1.807, 2.05) is 19.9 Å². The van der Waals surface area contributed by atoms with E-state index in [-0.39, 0.29) is 24.8 Å². The summed E-state index contributed by atoms with van der Waals surface area (Å²) in [5.41, 5.74) is 1.66. The summed E-state index contributed by atoms with van der Waals surface area (Å²) >= 11 is 0. The Hall–Kier alpha value is -2.87. The molecule has 0 aromatic carbocycles. The number of anilines is 1. The SMILES string of the molecule is C=CC(=O)N1CCC[C@@H](Nc2c(C(=O)OCOC(C)C)cnc3[nH]ccc23)C1. The average molecular weight is 386 g/mol. The molecule has 1 amide bonds. The van der Waals surface area contributed by atoms with Crippen molar-refractivity contribution in [3.05, 3.63) is 36.7 Å². The zero-order valence-electron chi connectivity index (χ0n) is 16.2. The lowest BCUT2D eigenvalue weighted by Gasteiger charge is -2.33. The summed E-state index contributed by atoms with van der Waals surface area (Å²) in [5.74, 6) is -0.591. The number of ether oxygens (including phenoxy) is 2. The van der Waals surface area contributed by atoms with Gasteiger partial charge in [0, 0.05) is 36.9 Å². The highest BCUT2D eigenvalue weighted by molar-refractivity contribution is 6.04. The molecule has 0 spiro atoms. The summed E-state index contributed by atoms with van der Waals surface area (Å²) in [7, 11) is 0. The van der Waals surface area contributed by atoms with E-state index in [1.165, 1.54) is 12.3 Å². The molecule has 3 rings (SSSR count). The molecule has 150 valence electrons. The monoisotopic (exact) mass is 386 g/mol. The summed E-state index contributed by atoms with van der Waals surface area (Å²) in [6.07, 6.45) is 6.33. The van der Waals surface area contributed by atoms with Crippen molar-refractivity contribution in [2.75, 3.05) is 25.2 Å². The lowest BCUT2D eigenvalue weighted by atomic mass is 10.0. The third-order valence-electron chi connectivity index (χ3n) is 4.65. The quantitative estimate of drug-likeness (QED) is 0.431. The molecule has 0 radical (unpaired) electrons. The lowest BCUT2D eigenvalue weighted by molar-refractivity contribution is -0.127. The molecule has 1 aliphatic rings. The Morgan fingerprint density at radius 2 is 2.32 bits per heavy atom. The molecule has 2 aromatic rings. The standard InChI is InChI=1S/C20H26N4O4/c1-4-17(25)24-9-5-6-14(11-24)23-18-15-7-8-21-19(15)22-10-16(18)20(26)28-12-27-13(2)3/h4,7-8,10,13-14H,1,5-6,9,11-12H2,2-3H3,(H2,21,22,23)/t14-/m1/s1. The Balaban J connectivity index is 1.82. The van der Waals surface area contributed by atoms with Crippen molar-refractivity contribution in [2.24, 2.45) is 0 Å². The van der Waals surface area contributed by atoms with Crippen molar-refractivity contribution in [3.63, 3.8) is 0 Å². The molecule has 1 saturated heterocycles. The molecule has 8 heteroatoms. The van der Waals surface area contributed by atoms with Crippen LogP contribution in [0.25, 0.3) is 11.0 Å². The number of rotatable bonds is 7. The molecule has 1 aliphatic heterocycles. The number of carbonyl (C=O) groups excluding carboxylic acids is 2. The Labute approximate surface area is 163 Å². The van der Waals surface area contributed by atoms with Crippen LogP contribution in [-0.4, -0.2) is 58.8 Å². The summed E-state index contributed by atoms with van der Waals surface area (Å²) in [6, 6.07) is 1.87. The number of nitrogens with zero attached hydrogens (tertiary/aromatic N) is 2. The van der Waals surface area contributed by atoms with Gasteiger partial charge in [-0.15, -0.1) is 0 Å². The van der Waals surface area contributed by atoms with Crippen LogP contribution in [-0.2, 0) is 14.3 Å². The van der Waals surface area contributed by atoms with Gasteiger partial charge in [-0.05, 0) is 38.8 Å². The van der Waals surface area contributed by atoms with Crippen molar-refractivity contribution in [1.29, 1.82) is 0 Å². The van der Waals surface area contributed by atoms with Crippen molar-refractivity contribution in [2.45, 2.75) is 38.8 Å². The van der Waals surface area contributed by atoms with Gasteiger partial charge >= 0.3 is 5.97 Å². The normalized spacial score (nSPS) is 17.0. The van der Waals surface area contributed by atoms with Gasteiger partial charge in [0.2, 0.25) is 5.91 Å². The minimum absolute atomic E-state index is 0.0108. The van der Waals surface area contributed by atoms with Crippen molar-refractivity contribution in [3.8, 4) is 0 Å². The van der Waals surface area contributed by atoms with Crippen molar-refractivity contribution >= 4 is 28.6 Å². The number of H-pyrrole nitrogens is 1. The average Bonchev–Trinajstić information content (AvgIpc) is 3.16. The number of pyridine rings is 1. The van der Waals surface area contributed by atoms with E-state index in [4.69, 9.17) is 9.47 Å². The van der Waals surface area contributed by atoms with E-state index < -0.39 is 5.97 Å². The second-order valence-electron chi connectivity index (χ2n) is 7.02. The third kappa shape index (κ3) is 4.51. The molecular weight excluding hydrogens is 360 g/mol. The van der Waals surface area contributed by atoms with E-state index in [0.717, 1.165) is 18.2 Å². The fraction of sp³-hybridized carbons (Fsp3) is 0.450. The molecule has 8 nitrogen and oxygen atoms in total. The predicted molar refractivity (Wildman–Crippen MR) is 106 cm³/mol. The summed E-state index contributed by atoms with van der Waals surface area (Å²) in [4.78, 5) is 33.7. The molecular formula is C20H26N4O4. The first kappa shape index (κ1) is 19.9. The molecule has 2 N–H and O–H groups in total. The first-order valence-electron chi connectivity index (χ1n) is 9.42. The summed E-state index contributed by atoms with van der Waals surface area (Å²) in [6.45, 7) is 8.43. The number of aromatic amines is 1. The van der Waals surface area contributed by atoms with Crippen LogP contribution in [0.3, 0.4) is 0 Å². The molecule has 0 unspecified atom stereocenters. The van der Waals surface area contributed by atoms with E-state index in [9.17, 15) is 9.59 Å². The number of esters is 1. The molecule has 0 saturated carbocycles. The minimum Gasteiger partial charge on any atom is -0.435 e. The van der Waals surface area contributed by atoms with Crippen LogP contribution in [0.15, 0.2) is 31.1 Å². The number of likely N-dealkylation sites (tertiary alicyclic amines) is 1. The number of aromatic nitrogens is 2. The first-order chi connectivity index (χ1) is 13.5. The van der Waals surface area contributed by atoms with Crippen LogP contribution < -0.4 is 5.32 Å². The first-order valence-corrected chi connectivity index (χ1v) is 9.42. The molecule has 0 aliphatic carbocycles. The summed E-state index contributed by atoms with van der Waals surface area (Å²) < 4.78 is 10.5. The van der Waals surface area contributed by atoms with Crippen LogP contribution in [0, 0.1) is 0 Å². The van der Waals surface area contributed by atoms with Gasteiger partial charge in [0.1, 0.15) is 11.2 Å². The molecule has 2 aromatic heterocycles. The Kier molecular flexibility index (Phi) is 6.30. The number of hydrogen-bond acceptors (Lipinski definition) is 6. The maximum atomic E-state index is 12.6. The van der Waals surface area contributed by atoms with Gasteiger partial charge < -0.3 is 24.7 Å². The van der Waals surface area contributed by atoms with E-state index in [0.29, 0.717) is 30.0 Å². The molecule has 1 atom stereocenters. The predicted octanol–water partition coefficient (Wildman–Crippen LogP) is 2.69. The van der Waals surface area contributed by atoms with Gasteiger partial charge in [0.05, 0.1) is 11.8 Å². The van der Waals surface area contributed by atoms with E-state index in [1.54, 1.807) is 11.1 Å². The molecule has 0 bridgehead atoms. The van der Waals surface area contributed by atoms with Gasteiger partial charge in [-0.1, -0.05) is 6.58 Å². The number of hydrogen-bond donors (Lipinski definition) is 2. The molecule has 28 heavy (non-hydrogen) atoms. The number of nitrogens with one attached hydrogen (secondary N) is 2. The third-order valence-corrected chi connectivity index (χ3v) is 4.65. The number of piperidine rings is 1. The van der Waals surface area contributed by atoms with Crippen LogP contribution >= 0.6 is 0 Å². The van der Waals surface area contributed by atoms with Crippen LogP contribution in [0.5, 0.6) is 0 Å². The van der Waals surface area contributed by atoms with Crippen LogP contribution in [0.1, 0.15) is 37.0 Å². The molecule has 3 heterocycles. The summed E-state index contributed by atoms with van der Waals surface area (Å²) in [5, 5.41) is 4.24. The number of amides is 1. The number of carbonyl (C=O) groups is 2. The van der Waals surface area contributed by atoms with E-state index >= 15 is 0 Å². The Morgan fingerprint density at radius 3 is 3.07 bits per heavy atom. The minimum atomic E-state index is -0.506. The van der Waals surface area contributed by atoms with Gasteiger partial charge in [-0.2, -0.15) is 0 Å². The van der Waals surface area contributed by atoms with Gasteiger partial charge in [-0.3, -0.25) is 4.79 Å². The fourth-order valence-corrected chi connectivity index (χ4v) is 3.25. The van der Waals surface area contributed by atoms with Crippen molar-refractivity contribution in [1.82, 2.24) is 14.9 Å². The van der Waals surface area contributed by atoms with E-state index in [2.05, 4.69) is 21.9 Å². The zero-order valence-corrected chi connectivity index (χ0v) is 16.2. The Morgan fingerprint density at radius 1 is 1.50 bits per heavy atom. The van der Waals surface area contributed by atoms with Gasteiger partial charge in [-0.25, -0.2) is 9.78 Å². The van der Waals surface area contributed by atoms with Gasteiger partial charge in [0.25, 0.3) is 0 Å². The topological polar surface area (TPSA) is 96.6 Å². The van der Waals surface area contributed by atoms with Crippen LogP contribution in [0.2, 0.25) is 0 Å². The second-order valence-corrected chi connectivity index (χ2v) is 7.02.